The Morgan fingerprint density at radius 3 is 2.69 bits per heavy atom. The predicted molar refractivity (Wildman–Crippen MR) is 69.7 cm³/mol. The second-order valence-electron chi connectivity index (χ2n) is 4.45. The summed E-state index contributed by atoms with van der Waals surface area (Å²) in [6.07, 6.45) is 8.77. The van der Waals surface area contributed by atoms with Gasteiger partial charge in [-0.1, -0.05) is 26.3 Å². The summed E-state index contributed by atoms with van der Waals surface area (Å²) in [4.78, 5) is 4.23. The summed E-state index contributed by atoms with van der Waals surface area (Å²) in [7, 11) is 0. The summed E-state index contributed by atoms with van der Waals surface area (Å²) < 4.78 is 0. The maximum atomic E-state index is 4.23. The van der Waals surface area contributed by atoms with Crippen molar-refractivity contribution in [2.75, 3.05) is 6.54 Å². The zero-order chi connectivity index (χ0) is 11.8. The molecule has 1 rings (SSSR count). The number of nitrogens with zero attached hydrogens (tertiary/aromatic N) is 1. The fourth-order valence-corrected chi connectivity index (χ4v) is 2.08. The van der Waals surface area contributed by atoms with E-state index in [0.29, 0.717) is 6.04 Å². The number of aryl methyl sites for hydroxylation is 2. The Hall–Kier alpha value is -0.890. The first kappa shape index (κ1) is 13.2. The van der Waals surface area contributed by atoms with Gasteiger partial charge in [0.05, 0.1) is 0 Å². The third-order valence-electron chi connectivity index (χ3n) is 2.84. The smallest absolute Gasteiger partial charge is 0.0300 e. The minimum atomic E-state index is 0.663. The summed E-state index contributed by atoms with van der Waals surface area (Å²) in [6, 6.07) is 2.90. The Kier molecular flexibility index (Phi) is 6.09. The third-order valence-corrected chi connectivity index (χ3v) is 2.84. The maximum absolute atomic E-state index is 4.23. The van der Waals surface area contributed by atoms with Gasteiger partial charge in [0, 0.05) is 18.4 Å². The molecule has 0 radical (unpaired) electrons. The van der Waals surface area contributed by atoms with E-state index in [4.69, 9.17) is 0 Å². The molecule has 1 aromatic rings. The molecular formula is C14H24N2. The Morgan fingerprint density at radius 2 is 2.06 bits per heavy atom. The molecule has 1 unspecified atom stereocenters. The van der Waals surface area contributed by atoms with Gasteiger partial charge in [-0.3, -0.25) is 4.98 Å². The molecule has 2 heteroatoms. The molecule has 90 valence electrons. The van der Waals surface area contributed by atoms with Crippen molar-refractivity contribution in [3.63, 3.8) is 0 Å². The van der Waals surface area contributed by atoms with Crippen LogP contribution < -0.4 is 5.32 Å². The van der Waals surface area contributed by atoms with Crippen molar-refractivity contribution in [1.82, 2.24) is 10.3 Å². The maximum Gasteiger partial charge on any atom is 0.0300 e. The van der Waals surface area contributed by atoms with Crippen LogP contribution in [-0.4, -0.2) is 17.6 Å². The van der Waals surface area contributed by atoms with Crippen LogP contribution in [0.5, 0.6) is 0 Å². The molecule has 1 atom stereocenters. The SMILES string of the molecule is CCCC(CCc1cncc(C)c1)NCC. The minimum absolute atomic E-state index is 0.663. The van der Waals surface area contributed by atoms with E-state index in [0.717, 1.165) is 13.0 Å². The number of pyridine rings is 1. The number of aromatic nitrogens is 1. The highest BCUT2D eigenvalue weighted by Gasteiger charge is 2.06. The topological polar surface area (TPSA) is 24.9 Å². The fraction of sp³-hybridized carbons (Fsp3) is 0.643. The van der Waals surface area contributed by atoms with E-state index in [1.54, 1.807) is 0 Å². The monoisotopic (exact) mass is 220 g/mol. The van der Waals surface area contributed by atoms with E-state index in [9.17, 15) is 0 Å². The number of hydrogen-bond donors (Lipinski definition) is 1. The Balaban J connectivity index is 2.41. The molecule has 0 bridgehead atoms. The predicted octanol–water partition coefficient (Wildman–Crippen LogP) is 3.10. The highest BCUT2D eigenvalue weighted by molar-refractivity contribution is 5.16. The molecule has 0 aliphatic heterocycles. The molecule has 16 heavy (non-hydrogen) atoms. The number of hydrogen-bond acceptors (Lipinski definition) is 2. The zero-order valence-electron chi connectivity index (χ0n) is 10.8. The second kappa shape index (κ2) is 7.39. The fourth-order valence-electron chi connectivity index (χ4n) is 2.08. The van der Waals surface area contributed by atoms with Crippen LogP contribution in [0.15, 0.2) is 18.5 Å². The van der Waals surface area contributed by atoms with Crippen molar-refractivity contribution in [1.29, 1.82) is 0 Å². The number of rotatable bonds is 7. The average Bonchev–Trinajstić information content (AvgIpc) is 2.27. The zero-order valence-corrected chi connectivity index (χ0v) is 10.8. The number of nitrogens with one attached hydrogen (secondary N) is 1. The van der Waals surface area contributed by atoms with E-state index < -0.39 is 0 Å². The molecule has 0 amide bonds. The first-order valence-corrected chi connectivity index (χ1v) is 6.40. The molecule has 0 fully saturated rings. The lowest BCUT2D eigenvalue weighted by atomic mass is 10.0. The molecule has 1 aromatic heterocycles. The summed E-state index contributed by atoms with van der Waals surface area (Å²) >= 11 is 0. The first-order chi connectivity index (χ1) is 7.76. The summed E-state index contributed by atoms with van der Waals surface area (Å²) in [5.41, 5.74) is 2.62. The second-order valence-corrected chi connectivity index (χ2v) is 4.45. The molecule has 0 saturated carbocycles. The van der Waals surface area contributed by atoms with E-state index in [1.165, 1.54) is 30.4 Å². The molecule has 1 heterocycles. The van der Waals surface area contributed by atoms with E-state index in [-0.39, 0.29) is 0 Å². The van der Waals surface area contributed by atoms with Crippen LogP contribution in [0.2, 0.25) is 0 Å². The van der Waals surface area contributed by atoms with Crippen LogP contribution >= 0.6 is 0 Å². The van der Waals surface area contributed by atoms with Gasteiger partial charge in [-0.25, -0.2) is 0 Å². The summed E-state index contributed by atoms with van der Waals surface area (Å²) in [5.74, 6) is 0. The van der Waals surface area contributed by atoms with Gasteiger partial charge in [0.15, 0.2) is 0 Å². The van der Waals surface area contributed by atoms with Crippen molar-refractivity contribution in [3.05, 3.63) is 29.6 Å². The molecule has 0 aliphatic carbocycles. The van der Waals surface area contributed by atoms with Crippen molar-refractivity contribution < 1.29 is 0 Å². The molecule has 0 spiro atoms. The molecule has 0 aliphatic rings. The van der Waals surface area contributed by atoms with Crippen LogP contribution in [-0.2, 0) is 6.42 Å². The van der Waals surface area contributed by atoms with Gasteiger partial charge < -0.3 is 5.32 Å². The standard InChI is InChI=1S/C14H24N2/c1-4-6-14(16-5-2)8-7-13-9-12(3)10-15-11-13/h9-11,14,16H,4-8H2,1-3H3. The van der Waals surface area contributed by atoms with Gasteiger partial charge in [-0.15, -0.1) is 0 Å². The van der Waals surface area contributed by atoms with Gasteiger partial charge in [0.25, 0.3) is 0 Å². The van der Waals surface area contributed by atoms with E-state index in [2.05, 4.69) is 37.1 Å². The molecular weight excluding hydrogens is 196 g/mol. The van der Waals surface area contributed by atoms with Crippen LogP contribution in [0.1, 0.15) is 44.2 Å². The van der Waals surface area contributed by atoms with Crippen molar-refractivity contribution in [2.24, 2.45) is 0 Å². The van der Waals surface area contributed by atoms with E-state index >= 15 is 0 Å². The normalized spacial score (nSPS) is 12.7. The van der Waals surface area contributed by atoms with Crippen molar-refractivity contribution in [2.45, 2.75) is 52.5 Å². The Labute approximate surface area is 99.5 Å². The Morgan fingerprint density at radius 1 is 1.25 bits per heavy atom. The van der Waals surface area contributed by atoms with Crippen LogP contribution in [0.3, 0.4) is 0 Å². The molecule has 0 saturated heterocycles. The molecule has 2 nitrogen and oxygen atoms in total. The van der Waals surface area contributed by atoms with Gasteiger partial charge in [0.1, 0.15) is 0 Å². The van der Waals surface area contributed by atoms with Crippen molar-refractivity contribution in [3.8, 4) is 0 Å². The Bertz CT molecular complexity index is 291. The first-order valence-electron chi connectivity index (χ1n) is 6.40. The lowest BCUT2D eigenvalue weighted by molar-refractivity contribution is 0.459. The highest BCUT2D eigenvalue weighted by atomic mass is 14.9. The van der Waals surface area contributed by atoms with Crippen LogP contribution in [0.25, 0.3) is 0 Å². The highest BCUT2D eigenvalue weighted by Crippen LogP contribution is 2.09. The third kappa shape index (κ3) is 4.75. The van der Waals surface area contributed by atoms with Gasteiger partial charge in [0.2, 0.25) is 0 Å². The quantitative estimate of drug-likeness (QED) is 0.763. The largest absolute Gasteiger partial charge is 0.314 e. The van der Waals surface area contributed by atoms with E-state index in [1.807, 2.05) is 12.4 Å². The molecule has 0 aromatic carbocycles. The summed E-state index contributed by atoms with van der Waals surface area (Å²) in [5, 5.41) is 3.55. The lowest BCUT2D eigenvalue weighted by Gasteiger charge is -2.16. The van der Waals surface area contributed by atoms with Gasteiger partial charge >= 0.3 is 0 Å². The lowest BCUT2D eigenvalue weighted by Crippen LogP contribution is -2.29. The van der Waals surface area contributed by atoms with Crippen LogP contribution in [0.4, 0.5) is 0 Å². The molecule has 1 N–H and O–H groups in total. The van der Waals surface area contributed by atoms with Crippen molar-refractivity contribution >= 4 is 0 Å². The minimum Gasteiger partial charge on any atom is -0.314 e. The van der Waals surface area contributed by atoms with Crippen LogP contribution in [0, 0.1) is 6.92 Å². The average molecular weight is 220 g/mol. The summed E-state index contributed by atoms with van der Waals surface area (Å²) in [6.45, 7) is 7.59. The van der Waals surface area contributed by atoms with Gasteiger partial charge in [-0.2, -0.15) is 0 Å². The van der Waals surface area contributed by atoms with Gasteiger partial charge in [-0.05, 0) is 43.9 Å².